The van der Waals surface area contributed by atoms with Gasteiger partial charge in [0, 0.05) is 38.8 Å². The summed E-state index contributed by atoms with van der Waals surface area (Å²) in [6.45, 7) is 6.50. The number of aromatic amines is 1. The van der Waals surface area contributed by atoms with Crippen LogP contribution in [-0.4, -0.2) is 14.5 Å². The highest BCUT2D eigenvalue weighted by molar-refractivity contribution is 6.12. The second-order valence-corrected chi connectivity index (χ2v) is 12.3. The van der Waals surface area contributed by atoms with E-state index in [1.165, 1.54) is 93.7 Å². The normalized spacial score (nSPS) is 12.8. The number of fused-ring (bicyclic) bond motifs is 9. The third-order valence-electron chi connectivity index (χ3n) is 9.64. The molecule has 1 aliphatic rings. The molecule has 0 saturated heterocycles. The molecule has 0 aliphatic heterocycles. The van der Waals surface area contributed by atoms with E-state index < -0.39 is 0 Å². The van der Waals surface area contributed by atoms with Gasteiger partial charge in [-0.25, -0.2) is 4.98 Å². The van der Waals surface area contributed by atoms with E-state index in [9.17, 15) is 0 Å². The van der Waals surface area contributed by atoms with Gasteiger partial charge in [0.15, 0.2) is 0 Å². The van der Waals surface area contributed by atoms with Gasteiger partial charge in [0.05, 0.1) is 11.0 Å². The molecule has 0 saturated carbocycles. The van der Waals surface area contributed by atoms with Crippen LogP contribution in [0.25, 0.3) is 71.7 Å². The molecule has 1 aliphatic carbocycles. The number of para-hydroxylation sites is 1. The zero-order valence-corrected chi connectivity index (χ0v) is 24.6. The maximum absolute atomic E-state index is 4.80. The summed E-state index contributed by atoms with van der Waals surface area (Å²) in [5, 5.41) is 5.18. The smallest absolute Gasteiger partial charge is 0.137 e. The van der Waals surface area contributed by atoms with E-state index in [4.69, 9.17) is 4.98 Å². The molecule has 0 atom stereocenters. The monoisotopic (exact) mass is 553 g/mol. The second kappa shape index (κ2) is 8.92. The average molecular weight is 554 g/mol. The SMILES string of the molecule is Cc1ccnc(-n2c3ccccc3c3cc4c(cc32)-c2cc3[nH]c5ccc(-c6ccc(C)c(C)c6)cc5c3cc2CC4)c1. The minimum absolute atomic E-state index is 0.966. The minimum atomic E-state index is 0.966. The van der Waals surface area contributed by atoms with Crippen molar-refractivity contribution < 1.29 is 0 Å². The molecule has 9 rings (SSSR count). The van der Waals surface area contributed by atoms with Crippen molar-refractivity contribution >= 4 is 43.6 Å². The molecule has 206 valence electrons. The van der Waals surface area contributed by atoms with Crippen molar-refractivity contribution in [3.63, 3.8) is 0 Å². The van der Waals surface area contributed by atoms with Gasteiger partial charge in [0.1, 0.15) is 5.82 Å². The van der Waals surface area contributed by atoms with Gasteiger partial charge >= 0.3 is 0 Å². The molecule has 8 aromatic rings. The number of benzene rings is 5. The lowest BCUT2D eigenvalue weighted by Gasteiger charge is -2.21. The van der Waals surface area contributed by atoms with Crippen LogP contribution in [0, 0.1) is 20.8 Å². The van der Waals surface area contributed by atoms with Crippen molar-refractivity contribution in [1.82, 2.24) is 14.5 Å². The molecule has 3 aromatic heterocycles. The first-order chi connectivity index (χ1) is 21.0. The van der Waals surface area contributed by atoms with Gasteiger partial charge < -0.3 is 4.98 Å². The number of H-pyrrole nitrogens is 1. The fraction of sp³-hybridized carbons (Fsp3) is 0.125. The van der Waals surface area contributed by atoms with Gasteiger partial charge in [-0.15, -0.1) is 0 Å². The van der Waals surface area contributed by atoms with E-state index in [2.05, 4.69) is 127 Å². The van der Waals surface area contributed by atoms with Gasteiger partial charge in [0.2, 0.25) is 0 Å². The largest absolute Gasteiger partial charge is 0.354 e. The topological polar surface area (TPSA) is 33.6 Å². The van der Waals surface area contributed by atoms with Gasteiger partial charge in [-0.2, -0.15) is 0 Å². The molecule has 0 unspecified atom stereocenters. The molecule has 1 N–H and O–H groups in total. The zero-order valence-electron chi connectivity index (χ0n) is 24.6. The number of nitrogens with zero attached hydrogens (tertiary/aromatic N) is 2. The molecule has 3 heteroatoms. The molecule has 5 aromatic carbocycles. The average Bonchev–Trinajstić information content (AvgIpc) is 3.54. The number of aryl methyl sites for hydroxylation is 5. The van der Waals surface area contributed by atoms with Crippen molar-refractivity contribution in [2.24, 2.45) is 0 Å². The molecule has 3 nitrogen and oxygen atoms in total. The minimum Gasteiger partial charge on any atom is -0.354 e. The van der Waals surface area contributed by atoms with Gasteiger partial charge in [-0.1, -0.05) is 42.5 Å². The number of hydrogen-bond acceptors (Lipinski definition) is 1. The fourth-order valence-corrected chi connectivity index (χ4v) is 7.23. The lowest BCUT2D eigenvalue weighted by Crippen LogP contribution is -2.05. The Morgan fingerprint density at radius 1 is 0.581 bits per heavy atom. The van der Waals surface area contributed by atoms with E-state index in [1.54, 1.807) is 0 Å². The quantitative estimate of drug-likeness (QED) is 0.227. The van der Waals surface area contributed by atoms with Crippen LogP contribution in [0.3, 0.4) is 0 Å². The van der Waals surface area contributed by atoms with Crippen molar-refractivity contribution in [2.45, 2.75) is 33.6 Å². The fourth-order valence-electron chi connectivity index (χ4n) is 7.23. The Morgan fingerprint density at radius 3 is 2.16 bits per heavy atom. The van der Waals surface area contributed by atoms with Crippen LogP contribution in [0.2, 0.25) is 0 Å². The number of pyridine rings is 1. The lowest BCUT2D eigenvalue weighted by atomic mass is 9.84. The first kappa shape index (κ1) is 24.4. The van der Waals surface area contributed by atoms with E-state index in [0.29, 0.717) is 0 Å². The Hall–Kier alpha value is -5.15. The highest BCUT2D eigenvalue weighted by Crippen LogP contribution is 2.42. The van der Waals surface area contributed by atoms with E-state index in [-0.39, 0.29) is 0 Å². The third kappa shape index (κ3) is 3.64. The highest BCUT2D eigenvalue weighted by Gasteiger charge is 2.22. The summed E-state index contributed by atoms with van der Waals surface area (Å²) in [7, 11) is 0. The van der Waals surface area contributed by atoms with Crippen molar-refractivity contribution in [2.75, 3.05) is 0 Å². The summed E-state index contributed by atoms with van der Waals surface area (Å²) in [6, 6.07) is 36.3. The molecule has 0 radical (unpaired) electrons. The van der Waals surface area contributed by atoms with Gasteiger partial charge in [0.25, 0.3) is 0 Å². The predicted molar refractivity (Wildman–Crippen MR) is 180 cm³/mol. The van der Waals surface area contributed by atoms with Crippen LogP contribution in [0.4, 0.5) is 0 Å². The summed E-state index contributed by atoms with van der Waals surface area (Å²) < 4.78 is 2.34. The molecule has 0 spiro atoms. The maximum Gasteiger partial charge on any atom is 0.137 e. The summed E-state index contributed by atoms with van der Waals surface area (Å²) >= 11 is 0. The maximum atomic E-state index is 4.80. The first-order valence-corrected chi connectivity index (χ1v) is 15.2. The van der Waals surface area contributed by atoms with Crippen LogP contribution in [0.5, 0.6) is 0 Å². The van der Waals surface area contributed by atoms with Crippen molar-refractivity contribution in [3.05, 3.63) is 131 Å². The Morgan fingerprint density at radius 2 is 1.33 bits per heavy atom. The molecular weight excluding hydrogens is 522 g/mol. The van der Waals surface area contributed by atoms with Gasteiger partial charge in [-0.05, 0) is 138 Å². The summed E-state index contributed by atoms with van der Waals surface area (Å²) in [4.78, 5) is 8.54. The van der Waals surface area contributed by atoms with Gasteiger partial charge in [-0.3, -0.25) is 4.57 Å². The Labute approximate surface area is 250 Å². The highest BCUT2D eigenvalue weighted by atomic mass is 15.1. The van der Waals surface area contributed by atoms with E-state index >= 15 is 0 Å². The predicted octanol–water partition coefficient (Wildman–Crippen LogP) is 10.2. The third-order valence-corrected chi connectivity index (χ3v) is 9.64. The van der Waals surface area contributed by atoms with Crippen molar-refractivity contribution in [3.8, 4) is 28.1 Å². The molecule has 0 amide bonds. The molecule has 3 heterocycles. The Bertz CT molecular complexity index is 2440. The van der Waals surface area contributed by atoms with Crippen LogP contribution in [0.15, 0.2) is 103 Å². The second-order valence-electron chi connectivity index (χ2n) is 12.3. The van der Waals surface area contributed by atoms with Crippen LogP contribution in [-0.2, 0) is 12.8 Å². The number of rotatable bonds is 2. The summed E-state index contributed by atoms with van der Waals surface area (Å²) in [5.41, 5.74) is 16.7. The molecular formula is C40H31N3. The van der Waals surface area contributed by atoms with E-state index in [1.807, 2.05) is 6.20 Å². The zero-order chi connectivity index (χ0) is 28.8. The van der Waals surface area contributed by atoms with Crippen LogP contribution >= 0.6 is 0 Å². The lowest BCUT2D eigenvalue weighted by molar-refractivity contribution is 0.946. The van der Waals surface area contributed by atoms with Crippen molar-refractivity contribution in [1.29, 1.82) is 0 Å². The summed E-state index contributed by atoms with van der Waals surface area (Å²) in [5.74, 6) is 0.966. The molecule has 43 heavy (non-hydrogen) atoms. The summed E-state index contributed by atoms with van der Waals surface area (Å²) in [6.07, 6.45) is 4.00. The van der Waals surface area contributed by atoms with Crippen LogP contribution < -0.4 is 0 Å². The standard InChI is InChI=1S/C40H31N3/c1-23-14-15-41-40(16-23)43-38-7-5-4-6-30(38)35-20-29-11-10-28-19-34-33-18-27(26-9-8-24(2)25(3)17-26)12-13-36(33)42-37(34)21-31(28)32(29)22-39(35)43/h4-9,12-22,42H,10-11H2,1-3H3. The van der Waals surface area contributed by atoms with E-state index in [0.717, 1.165) is 18.7 Å². The Balaban J connectivity index is 1.25. The number of nitrogens with one attached hydrogen (secondary N) is 1. The molecule has 0 fully saturated rings. The first-order valence-electron chi connectivity index (χ1n) is 15.2. The molecule has 0 bridgehead atoms. The van der Waals surface area contributed by atoms with Crippen LogP contribution in [0.1, 0.15) is 27.8 Å². The number of hydrogen-bond donors (Lipinski definition) is 1. The number of aromatic nitrogens is 3. The Kier molecular flexibility index (Phi) is 5.07.